The van der Waals surface area contributed by atoms with Gasteiger partial charge in [0.05, 0.1) is 154 Å². The van der Waals surface area contributed by atoms with E-state index in [1.807, 2.05) is 46.8 Å². The number of carboxylic acid groups (broad SMARTS) is 1. The third-order valence-electron chi connectivity index (χ3n) is 17.2. The molecule has 0 aliphatic rings. The molecule has 0 aliphatic carbocycles. The first-order valence-corrected chi connectivity index (χ1v) is 50.9. The minimum absolute atomic E-state index is 0. The molecule has 0 spiro atoms. The summed E-state index contributed by atoms with van der Waals surface area (Å²) in [6, 6.07) is 44.8. The first kappa shape index (κ1) is 137. The molecule has 0 fully saturated rings. The molecule has 10 aromatic rings. The summed E-state index contributed by atoms with van der Waals surface area (Å²) >= 11 is 62.5. The number of aromatic amines is 3. The molecule has 46 heteroatoms. The fourth-order valence-electron chi connectivity index (χ4n) is 11.3. The van der Waals surface area contributed by atoms with Crippen LogP contribution < -0.4 is 50.7 Å². The van der Waals surface area contributed by atoms with Gasteiger partial charge in [-0.2, -0.15) is 4.36 Å². The number of para-hydroxylation sites is 6. The largest absolute Gasteiger partial charge is 1.00 e. The van der Waals surface area contributed by atoms with Gasteiger partial charge in [-0.1, -0.05) is 208 Å². The molecule has 0 saturated carbocycles. The molecule has 775 valence electrons. The van der Waals surface area contributed by atoms with Gasteiger partial charge in [-0.15, -0.1) is 47.0 Å². The normalized spacial score (nSPS) is 10.3. The third kappa shape index (κ3) is 44.5. The molecule has 3 aromatic heterocycles. The molecule has 0 saturated heterocycles. The molecule has 0 bridgehead atoms. The summed E-state index contributed by atoms with van der Waals surface area (Å²) in [5.41, 5.74) is 2.88. The van der Waals surface area contributed by atoms with Crippen LogP contribution in [-0.4, -0.2) is 192 Å². The van der Waals surface area contributed by atoms with Gasteiger partial charge in [-0.3, -0.25) is 57.7 Å². The molecular formula is C98H115BCl7N7NaO23S7. The number of aromatic nitrogens is 3. The third-order valence-corrected chi connectivity index (χ3v) is 23.9. The molecule has 144 heavy (non-hydrogen) atoms. The first-order valence-electron chi connectivity index (χ1n) is 43.2. The number of thiocarbonyl (C=S) groups is 1. The van der Waals surface area contributed by atoms with Gasteiger partial charge in [-0.05, 0) is 177 Å². The van der Waals surface area contributed by atoms with Gasteiger partial charge in [0.2, 0.25) is 22.7 Å². The van der Waals surface area contributed by atoms with E-state index in [-0.39, 0.29) is 152 Å². The van der Waals surface area contributed by atoms with Crippen LogP contribution in [0.2, 0.25) is 35.2 Å². The van der Waals surface area contributed by atoms with Gasteiger partial charge in [0.1, 0.15) is 22.5 Å². The van der Waals surface area contributed by atoms with Gasteiger partial charge in [0.25, 0.3) is 0 Å². The molecular weight excluding hydrogens is 2150 g/mol. The second kappa shape index (κ2) is 75.5. The standard InChI is InChI=1S/2C16H20ClNO4S.C14H16ClNO4S.C14H14ClNO3S.C12H10ClNO3S.C11H10ClNOS.C7H12O4.C6H4ClNS.2CH4.B.Na.H2/c1-4-21-15(19)13(16(20)22-5-2)14(23-6-3)18-12-10-8-7-9-11(12)17;1-4-18(12-10-8-7-9-11(12)17)14(23)13(15(19)21-5-2)16(20)22-6-3;1-3-19-13(17)11(14(18)20-4-2)12(21)16-10-8-6-5-7-9(10)15;1-3-19-14(18)10-12(17)8-6-5-7-9(15)11(8)16-13(10)20-4-2;1-2-18-11-8(12(16)17)10(15)6-4-3-5-7(13)9(6)14-11;1-2-15-10-6-9(14)7-4-3-5-8(12)11(7)13-10;1-3-10-6(8)5-7(9)11-4-2;7-5-3-1-2-4-6(5)8-9;;;;;/h2*7-10,13H,4-6H2,1-3H3;5-8,11H,3-4H2,1-2H3,(H,16,21);5-7H,3-4H2,1-2H3,(H,16,17);3-5H,2H2,1H3,(H,14,15)(H,16,17);3-6H,2H2,1H3,(H,13,14);3-5H2,1-2H3;1-4H;2*1H4;;;1H/q;;;;;;;;;;;+1;/p-1/i;;;;;;;;;;;;1+1. The van der Waals surface area contributed by atoms with E-state index in [2.05, 4.69) is 51.2 Å². The zero-order valence-corrected chi connectivity index (χ0v) is 93.2. The average molecular weight is 2270 g/mol. The number of ether oxygens (including phenoxy) is 9. The number of esters is 9. The Kier molecular flexibility index (Phi) is 71.8. The van der Waals surface area contributed by atoms with E-state index in [9.17, 15) is 62.3 Å². The summed E-state index contributed by atoms with van der Waals surface area (Å²) in [4.78, 5) is 173. The number of carbonyl (C=O) groups is 10. The van der Waals surface area contributed by atoms with Gasteiger partial charge >= 0.3 is 89.3 Å². The summed E-state index contributed by atoms with van der Waals surface area (Å²) in [6.07, 6.45) is -0.290. The second-order valence-electron chi connectivity index (χ2n) is 26.5. The fourth-order valence-corrected chi connectivity index (χ4v) is 16.8. The predicted molar refractivity (Wildman–Crippen MR) is 591 cm³/mol. The van der Waals surface area contributed by atoms with Crippen molar-refractivity contribution in [3.05, 3.63) is 235 Å². The van der Waals surface area contributed by atoms with Crippen molar-refractivity contribution in [1.82, 2.24) is 15.0 Å². The van der Waals surface area contributed by atoms with E-state index in [1.54, 1.807) is 225 Å². The van der Waals surface area contributed by atoms with Crippen LogP contribution in [0.5, 0.6) is 0 Å². The molecule has 10 rings (SSSR count). The number of nitrogens with one attached hydrogen (secondary N) is 3. The van der Waals surface area contributed by atoms with Crippen molar-refractivity contribution < 1.29 is 127 Å². The number of aliphatic imine (C=N–C) groups is 2. The van der Waals surface area contributed by atoms with Crippen molar-refractivity contribution in [1.29, 1.82) is 0 Å². The molecule has 3 radical (unpaired) electrons. The second-order valence-corrected chi connectivity index (χ2v) is 35.5. The molecule has 0 amide bonds. The van der Waals surface area contributed by atoms with Crippen LogP contribution in [-0.2, 0) is 106 Å². The average Bonchev–Trinajstić information content (AvgIpc) is 0.772. The van der Waals surface area contributed by atoms with Crippen molar-refractivity contribution in [3.8, 4) is 0 Å². The maximum atomic E-state index is 12.5. The predicted octanol–water partition coefficient (Wildman–Crippen LogP) is 20.9. The topological polar surface area (TPSA) is 413 Å². The van der Waals surface area contributed by atoms with Gasteiger partial charge < -0.3 is 80.2 Å². The fraction of sp³-hybridized carbons (Fsp3) is 0.347. The van der Waals surface area contributed by atoms with Crippen molar-refractivity contribution in [2.75, 3.05) is 93.9 Å². The molecule has 0 atom stereocenters. The van der Waals surface area contributed by atoms with Crippen LogP contribution >= 0.6 is 140 Å². The Morgan fingerprint density at radius 1 is 0.417 bits per heavy atom. The zero-order chi connectivity index (χ0) is 105. The van der Waals surface area contributed by atoms with Gasteiger partial charge in [-0.25, -0.2) is 14.6 Å². The number of halogens is 7. The summed E-state index contributed by atoms with van der Waals surface area (Å²) < 4.78 is 47.1. The van der Waals surface area contributed by atoms with Crippen LogP contribution in [0.4, 0.5) is 22.7 Å². The summed E-state index contributed by atoms with van der Waals surface area (Å²) in [6.45, 7) is 26.8. The van der Waals surface area contributed by atoms with Gasteiger partial charge in [0.15, 0.2) is 11.3 Å². The van der Waals surface area contributed by atoms with Crippen LogP contribution in [0.1, 0.15) is 140 Å². The Balaban J connectivity index is -0.00000160. The molecule has 3 heterocycles. The monoisotopic (exact) mass is 2260 g/mol. The minimum Gasteiger partial charge on any atom is -0.763 e. The van der Waals surface area contributed by atoms with Crippen LogP contribution in [0, 0.1) is 17.8 Å². The maximum absolute atomic E-state index is 12.5. The number of anilines is 1. The SMILES string of the molecule is C.C.CCOC(=O)C(C(=O)OCC)C(=Nc1ccccc1Cl)SCC.CCOC(=O)C(C(=O)OCC)C(=S)N(CC)c1ccccc1Cl.CCOC(=O)C(C(=O)OCC)C([S-])=Nc1ccccc1Cl.CCOC(=O)CC(=O)OCC.CCOC(=O)c1c(SCC)[nH]c2c(Cl)cccc2c1=O.CCSc1[nH]c2c(Cl)cccc2c(=O)c1C(=O)O.CCSc1cc(=O)c2cccc(Cl)c2[nH]1.S=Nc1ccccc1Cl.[2HH].[B].[Na+]. The molecule has 30 nitrogen and oxygen atoms in total. The Morgan fingerprint density at radius 2 is 0.757 bits per heavy atom. The van der Waals surface area contributed by atoms with Gasteiger partial charge in [0, 0.05) is 51.0 Å². The summed E-state index contributed by atoms with van der Waals surface area (Å²) in [7, 11) is 0. The molecule has 0 unspecified atom stereocenters. The smallest absolute Gasteiger partial charge is 0.763 e. The number of hydrogen-bond donors (Lipinski definition) is 4. The number of fused-ring (bicyclic) bond motifs is 3. The van der Waals surface area contributed by atoms with Crippen LogP contribution in [0.15, 0.2) is 202 Å². The number of pyridine rings is 3. The van der Waals surface area contributed by atoms with E-state index >= 15 is 0 Å². The Hall–Kier alpha value is -9.17. The zero-order valence-electron chi connectivity index (χ0n) is 80.1. The molecule has 7 aromatic carbocycles. The first-order chi connectivity index (χ1) is 66.9. The number of H-pyrrole nitrogens is 3. The molecule has 4 N–H and O–H groups in total. The van der Waals surface area contributed by atoms with Crippen LogP contribution in [0.3, 0.4) is 0 Å². The number of carbonyl (C=O) groups excluding carboxylic acids is 9. The molecule has 0 aliphatic heterocycles. The number of carboxylic acids is 1. The van der Waals surface area contributed by atoms with E-state index in [1.165, 1.54) is 35.3 Å². The van der Waals surface area contributed by atoms with E-state index in [0.717, 1.165) is 22.0 Å². The number of thioether (sulfide) groups is 4. The summed E-state index contributed by atoms with van der Waals surface area (Å²) in [5.74, 6) is -8.16. The van der Waals surface area contributed by atoms with E-state index in [0.29, 0.717) is 118 Å². The Bertz CT molecular complexity index is 6090. The van der Waals surface area contributed by atoms with Crippen molar-refractivity contribution >= 4 is 304 Å². The number of benzene rings is 7. The van der Waals surface area contributed by atoms with Crippen molar-refractivity contribution in [3.63, 3.8) is 0 Å². The Morgan fingerprint density at radius 3 is 1.12 bits per heavy atom. The summed E-state index contributed by atoms with van der Waals surface area (Å²) in [5, 5.41) is 15.7. The quantitative estimate of drug-likeness (QED) is 0.00335. The number of rotatable bonds is 34. The minimum atomic E-state index is -1.36. The number of hydrogen-bond acceptors (Lipinski definition) is 32. The van der Waals surface area contributed by atoms with E-state index < -0.39 is 82.9 Å². The number of aromatic carboxylic acids is 1. The van der Waals surface area contributed by atoms with Crippen molar-refractivity contribution in [2.24, 2.45) is 32.1 Å². The Labute approximate surface area is 931 Å². The van der Waals surface area contributed by atoms with Crippen LogP contribution in [0.25, 0.3) is 32.7 Å². The van der Waals surface area contributed by atoms with Crippen molar-refractivity contribution in [2.45, 2.75) is 133 Å². The van der Waals surface area contributed by atoms with E-state index in [4.69, 9.17) is 144 Å². The number of nitrogens with zero attached hydrogens (tertiary/aromatic N) is 4. The maximum Gasteiger partial charge on any atom is 1.00 e.